The molecule has 0 amide bonds. The zero-order chi connectivity index (χ0) is 13.6. The Kier molecular flexibility index (Phi) is 2.97. The van der Waals surface area contributed by atoms with Crippen LogP contribution >= 0.6 is 0 Å². The van der Waals surface area contributed by atoms with Crippen LogP contribution in [0.4, 0.5) is 0 Å². The Morgan fingerprint density at radius 3 is 2.11 bits per heavy atom. The van der Waals surface area contributed by atoms with Crippen molar-refractivity contribution in [2.75, 3.05) is 0 Å². The highest BCUT2D eigenvalue weighted by atomic mass is 16.4. The molecule has 19 heavy (non-hydrogen) atoms. The summed E-state index contributed by atoms with van der Waals surface area (Å²) in [5.74, 6) is 0.864. The highest BCUT2D eigenvalue weighted by Gasteiger charge is 2.57. The van der Waals surface area contributed by atoms with E-state index in [9.17, 15) is 9.90 Å². The van der Waals surface area contributed by atoms with E-state index in [0.717, 1.165) is 19.3 Å². The Bertz CT molecular complexity index is 407. The van der Waals surface area contributed by atoms with Crippen LogP contribution in [-0.2, 0) is 4.79 Å². The first kappa shape index (κ1) is 12.8. The van der Waals surface area contributed by atoms with Crippen LogP contribution in [0.3, 0.4) is 0 Å². The topological polar surface area (TPSA) is 86.1 Å². The molecule has 0 aromatic rings. The van der Waals surface area contributed by atoms with Gasteiger partial charge in [-0.1, -0.05) is 12.0 Å². The molecule has 2 atom stereocenters. The number of nitrogens with zero attached hydrogens (tertiary/aromatic N) is 3. The van der Waals surface area contributed by atoms with Gasteiger partial charge in [-0.3, -0.25) is 4.79 Å². The molecule has 1 N–H and O–H groups in total. The number of aliphatic carboxylic acids is 1. The minimum Gasteiger partial charge on any atom is -0.481 e. The van der Waals surface area contributed by atoms with Crippen molar-refractivity contribution in [3.63, 3.8) is 0 Å². The molecule has 4 fully saturated rings. The zero-order valence-corrected chi connectivity index (χ0v) is 11.3. The lowest BCUT2D eigenvalue weighted by Gasteiger charge is -2.59. The van der Waals surface area contributed by atoms with Crippen LogP contribution < -0.4 is 0 Å². The number of carbonyl (C=O) groups is 1. The molecule has 4 aliphatic carbocycles. The molecule has 4 bridgehead atoms. The summed E-state index contributed by atoms with van der Waals surface area (Å²) in [4.78, 5) is 14.6. The quantitative estimate of drug-likeness (QED) is 0.477. The van der Waals surface area contributed by atoms with E-state index in [4.69, 9.17) is 5.53 Å². The summed E-state index contributed by atoms with van der Waals surface area (Å²) in [6.07, 6.45) is 6.97. The Hall–Kier alpha value is -1.22. The maximum Gasteiger partial charge on any atom is 0.307 e. The fourth-order valence-electron chi connectivity index (χ4n) is 5.69. The number of hydrogen-bond acceptors (Lipinski definition) is 2. The molecule has 0 unspecified atom stereocenters. The van der Waals surface area contributed by atoms with Gasteiger partial charge in [-0.15, -0.1) is 0 Å². The number of hydrogen-bond donors (Lipinski definition) is 1. The van der Waals surface area contributed by atoms with Gasteiger partial charge in [-0.2, -0.15) is 0 Å². The predicted molar refractivity (Wildman–Crippen MR) is 70.3 cm³/mol. The standard InChI is InChI=1S/C14H21N3O2/c1-8(16-17-15)12(13(18)19)14-5-9-2-10(6-14)4-11(3-9)7-14/h8-12H,2-7H2,1H3,(H,18,19)/t8-,9?,10?,11?,12+,14?/m1/s1. The van der Waals surface area contributed by atoms with Crippen molar-refractivity contribution < 1.29 is 9.90 Å². The summed E-state index contributed by atoms with van der Waals surface area (Å²) >= 11 is 0. The summed E-state index contributed by atoms with van der Waals surface area (Å²) in [5, 5.41) is 13.4. The van der Waals surface area contributed by atoms with Crippen molar-refractivity contribution in [1.29, 1.82) is 0 Å². The second-order valence-electron chi connectivity index (χ2n) is 7.04. The van der Waals surface area contributed by atoms with Crippen molar-refractivity contribution in [1.82, 2.24) is 0 Å². The number of carboxylic acids is 1. The lowest BCUT2D eigenvalue weighted by Crippen LogP contribution is -2.53. The molecule has 0 aliphatic heterocycles. The molecule has 0 saturated heterocycles. The van der Waals surface area contributed by atoms with Crippen LogP contribution in [0, 0.1) is 29.1 Å². The third-order valence-electron chi connectivity index (χ3n) is 5.73. The second-order valence-corrected chi connectivity index (χ2v) is 7.04. The SMILES string of the molecule is C[C@@H](N=[N+]=[N-])[C@@H](C(=O)O)C12CC3CC(CC(C3)C1)C2. The maximum absolute atomic E-state index is 11.7. The van der Waals surface area contributed by atoms with Crippen LogP contribution in [0.25, 0.3) is 10.4 Å². The van der Waals surface area contributed by atoms with E-state index in [1.54, 1.807) is 6.92 Å². The van der Waals surface area contributed by atoms with Gasteiger partial charge in [0, 0.05) is 11.0 Å². The van der Waals surface area contributed by atoms with Gasteiger partial charge in [0.25, 0.3) is 0 Å². The molecular weight excluding hydrogens is 242 g/mol. The Morgan fingerprint density at radius 1 is 1.26 bits per heavy atom. The first-order chi connectivity index (χ1) is 9.04. The maximum atomic E-state index is 11.7. The molecule has 0 spiro atoms. The summed E-state index contributed by atoms with van der Waals surface area (Å²) in [6.45, 7) is 1.76. The molecule has 5 heteroatoms. The van der Waals surface area contributed by atoms with Gasteiger partial charge in [0.15, 0.2) is 0 Å². The van der Waals surface area contributed by atoms with Gasteiger partial charge in [0.05, 0.1) is 5.92 Å². The van der Waals surface area contributed by atoms with E-state index in [1.165, 1.54) is 19.3 Å². The monoisotopic (exact) mass is 263 g/mol. The minimum atomic E-state index is -0.776. The summed E-state index contributed by atoms with van der Waals surface area (Å²) in [5.41, 5.74) is 8.51. The summed E-state index contributed by atoms with van der Waals surface area (Å²) < 4.78 is 0. The Balaban J connectivity index is 1.93. The van der Waals surface area contributed by atoms with E-state index >= 15 is 0 Å². The fourth-order valence-corrected chi connectivity index (χ4v) is 5.69. The highest BCUT2D eigenvalue weighted by Crippen LogP contribution is 2.63. The highest BCUT2D eigenvalue weighted by molar-refractivity contribution is 5.72. The molecule has 4 rings (SSSR count). The van der Waals surface area contributed by atoms with Crippen molar-refractivity contribution >= 4 is 5.97 Å². The van der Waals surface area contributed by atoms with E-state index in [0.29, 0.717) is 17.8 Å². The Labute approximate surface area is 113 Å². The van der Waals surface area contributed by atoms with Crippen LogP contribution in [0.15, 0.2) is 5.11 Å². The smallest absolute Gasteiger partial charge is 0.307 e. The van der Waals surface area contributed by atoms with Gasteiger partial charge in [-0.25, -0.2) is 0 Å². The Morgan fingerprint density at radius 2 is 1.74 bits per heavy atom. The van der Waals surface area contributed by atoms with Gasteiger partial charge < -0.3 is 5.11 Å². The lowest BCUT2D eigenvalue weighted by atomic mass is 9.46. The first-order valence-electron chi connectivity index (χ1n) is 7.31. The first-order valence-corrected chi connectivity index (χ1v) is 7.31. The van der Waals surface area contributed by atoms with Crippen LogP contribution in [0.5, 0.6) is 0 Å². The zero-order valence-electron chi connectivity index (χ0n) is 11.3. The lowest BCUT2D eigenvalue weighted by molar-refractivity contribution is -0.159. The van der Waals surface area contributed by atoms with E-state index < -0.39 is 17.9 Å². The number of rotatable bonds is 4. The van der Waals surface area contributed by atoms with Gasteiger partial charge in [0.1, 0.15) is 0 Å². The van der Waals surface area contributed by atoms with Gasteiger partial charge in [-0.05, 0) is 67.2 Å². The molecule has 104 valence electrons. The van der Waals surface area contributed by atoms with E-state index in [-0.39, 0.29) is 5.41 Å². The molecule has 0 aromatic carbocycles. The molecule has 4 saturated carbocycles. The van der Waals surface area contributed by atoms with Crippen molar-refractivity contribution in [2.24, 2.45) is 34.2 Å². The molecule has 5 nitrogen and oxygen atoms in total. The second kappa shape index (κ2) is 4.41. The predicted octanol–water partition coefficient (Wildman–Crippen LogP) is 3.60. The number of azide groups is 1. The van der Waals surface area contributed by atoms with Crippen LogP contribution in [-0.4, -0.2) is 17.1 Å². The largest absolute Gasteiger partial charge is 0.481 e. The molecule has 0 heterocycles. The third kappa shape index (κ3) is 2.00. The number of carboxylic acid groups (broad SMARTS) is 1. The third-order valence-corrected chi connectivity index (χ3v) is 5.73. The summed E-state index contributed by atoms with van der Waals surface area (Å²) in [7, 11) is 0. The normalized spacial score (nSPS) is 42.5. The van der Waals surface area contributed by atoms with Crippen molar-refractivity contribution in [3.8, 4) is 0 Å². The molecular formula is C14H21N3O2. The van der Waals surface area contributed by atoms with Gasteiger partial charge in [0.2, 0.25) is 0 Å². The average Bonchev–Trinajstić information content (AvgIpc) is 2.25. The van der Waals surface area contributed by atoms with Crippen molar-refractivity contribution in [2.45, 2.75) is 51.5 Å². The summed E-state index contributed by atoms with van der Waals surface area (Å²) in [6, 6.07) is -0.446. The molecule has 0 radical (unpaired) electrons. The average molecular weight is 263 g/mol. The van der Waals surface area contributed by atoms with Crippen LogP contribution in [0.2, 0.25) is 0 Å². The van der Waals surface area contributed by atoms with Crippen molar-refractivity contribution in [3.05, 3.63) is 10.4 Å². The van der Waals surface area contributed by atoms with E-state index in [2.05, 4.69) is 10.0 Å². The fraction of sp³-hybridized carbons (Fsp3) is 0.929. The van der Waals surface area contributed by atoms with Gasteiger partial charge >= 0.3 is 5.97 Å². The molecule has 0 aromatic heterocycles. The van der Waals surface area contributed by atoms with Crippen LogP contribution in [0.1, 0.15) is 45.4 Å². The minimum absolute atomic E-state index is 0.103. The van der Waals surface area contributed by atoms with E-state index in [1.807, 2.05) is 0 Å². The molecule has 4 aliphatic rings.